The first-order valence-corrected chi connectivity index (χ1v) is 8.38. The SMILES string of the molecule is CCOC(=O)c1c(C2CC2)csc1NC(=O)C=Cc1ccco1. The molecule has 6 heteroatoms. The number of amides is 1. The van der Waals surface area contributed by atoms with Crippen LogP contribution in [0.2, 0.25) is 0 Å². The highest BCUT2D eigenvalue weighted by molar-refractivity contribution is 7.15. The lowest BCUT2D eigenvalue weighted by Crippen LogP contribution is -2.13. The summed E-state index contributed by atoms with van der Waals surface area (Å²) < 4.78 is 10.3. The maximum absolute atomic E-state index is 12.2. The van der Waals surface area contributed by atoms with Gasteiger partial charge in [0.15, 0.2) is 0 Å². The van der Waals surface area contributed by atoms with Crippen LogP contribution in [0.4, 0.5) is 5.00 Å². The van der Waals surface area contributed by atoms with Gasteiger partial charge in [-0.1, -0.05) is 0 Å². The third-order valence-electron chi connectivity index (χ3n) is 3.50. The van der Waals surface area contributed by atoms with Gasteiger partial charge in [-0.3, -0.25) is 4.79 Å². The van der Waals surface area contributed by atoms with E-state index < -0.39 is 0 Å². The molecule has 0 atom stereocenters. The van der Waals surface area contributed by atoms with Gasteiger partial charge in [0.2, 0.25) is 5.91 Å². The molecule has 1 N–H and O–H groups in total. The molecule has 0 spiro atoms. The molecule has 0 unspecified atom stereocenters. The molecule has 120 valence electrons. The zero-order valence-corrected chi connectivity index (χ0v) is 13.5. The van der Waals surface area contributed by atoms with E-state index in [-0.39, 0.29) is 11.9 Å². The predicted octanol–water partition coefficient (Wildman–Crippen LogP) is 4.05. The van der Waals surface area contributed by atoms with Gasteiger partial charge >= 0.3 is 5.97 Å². The first-order valence-electron chi connectivity index (χ1n) is 7.50. The van der Waals surface area contributed by atoms with E-state index in [2.05, 4.69) is 5.32 Å². The standard InChI is InChI=1S/C17H17NO4S/c1-2-21-17(20)15-13(11-5-6-11)10-23-16(15)18-14(19)8-7-12-4-3-9-22-12/h3-4,7-11H,2,5-6H2,1H3,(H,18,19). The zero-order chi connectivity index (χ0) is 16.2. The van der Waals surface area contributed by atoms with Gasteiger partial charge in [0.25, 0.3) is 0 Å². The molecule has 1 amide bonds. The molecule has 1 fully saturated rings. The number of rotatable bonds is 6. The molecular weight excluding hydrogens is 314 g/mol. The summed E-state index contributed by atoms with van der Waals surface area (Å²) in [6.07, 6.45) is 6.65. The van der Waals surface area contributed by atoms with Crippen molar-refractivity contribution in [2.45, 2.75) is 25.7 Å². The van der Waals surface area contributed by atoms with Gasteiger partial charge in [-0.05, 0) is 54.8 Å². The number of hydrogen-bond donors (Lipinski definition) is 1. The Balaban J connectivity index is 1.76. The van der Waals surface area contributed by atoms with Crippen LogP contribution >= 0.6 is 11.3 Å². The second-order valence-corrected chi connectivity index (χ2v) is 6.11. The number of furan rings is 1. The van der Waals surface area contributed by atoms with Crippen LogP contribution in [0.5, 0.6) is 0 Å². The maximum Gasteiger partial charge on any atom is 0.341 e. The van der Waals surface area contributed by atoms with Gasteiger partial charge < -0.3 is 14.5 Å². The van der Waals surface area contributed by atoms with Crippen molar-refractivity contribution < 1.29 is 18.7 Å². The molecule has 5 nitrogen and oxygen atoms in total. The lowest BCUT2D eigenvalue weighted by molar-refractivity contribution is -0.111. The van der Waals surface area contributed by atoms with Gasteiger partial charge in [0.05, 0.1) is 18.4 Å². The molecule has 0 aliphatic heterocycles. The summed E-state index contributed by atoms with van der Waals surface area (Å²) in [6, 6.07) is 3.50. The van der Waals surface area contributed by atoms with E-state index in [1.807, 2.05) is 5.38 Å². The highest BCUT2D eigenvalue weighted by Gasteiger charge is 2.32. The minimum atomic E-state index is -0.374. The van der Waals surface area contributed by atoms with Crippen LogP contribution < -0.4 is 5.32 Å². The number of anilines is 1. The van der Waals surface area contributed by atoms with E-state index in [1.54, 1.807) is 25.1 Å². The Morgan fingerprint density at radius 3 is 2.96 bits per heavy atom. The Hall–Kier alpha value is -2.34. The van der Waals surface area contributed by atoms with E-state index in [4.69, 9.17) is 9.15 Å². The average molecular weight is 331 g/mol. The van der Waals surface area contributed by atoms with Crippen molar-refractivity contribution in [3.05, 3.63) is 46.7 Å². The minimum Gasteiger partial charge on any atom is -0.465 e. The summed E-state index contributed by atoms with van der Waals surface area (Å²) in [5, 5.41) is 5.25. The van der Waals surface area contributed by atoms with Gasteiger partial charge in [-0.25, -0.2) is 4.79 Å². The third-order valence-corrected chi connectivity index (χ3v) is 4.41. The fraction of sp³-hybridized carbons (Fsp3) is 0.294. The molecule has 0 radical (unpaired) electrons. The van der Waals surface area contributed by atoms with Crippen LogP contribution in [0.1, 0.15) is 47.4 Å². The number of esters is 1. The van der Waals surface area contributed by atoms with Crippen LogP contribution in [0.3, 0.4) is 0 Å². The summed E-state index contributed by atoms with van der Waals surface area (Å²) >= 11 is 1.36. The molecule has 1 aliphatic carbocycles. The number of hydrogen-bond acceptors (Lipinski definition) is 5. The van der Waals surface area contributed by atoms with Gasteiger partial charge in [-0.2, -0.15) is 0 Å². The highest BCUT2D eigenvalue weighted by Crippen LogP contribution is 2.46. The van der Waals surface area contributed by atoms with E-state index in [1.165, 1.54) is 23.7 Å². The maximum atomic E-state index is 12.2. The summed E-state index contributed by atoms with van der Waals surface area (Å²) in [5.41, 5.74) is 1.48. The summed E-state index contributed by atoms with van der Waals surface area (Å²) in [5.74, 6) is 0.322. The van der Waals surface area contributed by atoms with Crippen molar-refractivity contribution in [2.24, 2.45) is 0 Å². The zero-order valence-electron chi connectivity index (χ0n) is 12.7. The minimum absolute atomic E-state index is 0.309. The molecule has 23 heavy (non-hydrogen) atoms. The first-order chi connectivity index (χ1) is 11.2. The van der Waals surface area contributed by atoms with E-state index in [9.17, 15) is 9.59 Å². The molecule has 2 aromatic rings. The fourth-order valence-electron chi connectivity index (χ4n) is 2.27. The molecule has 0 aromatic carbocycles. The third kappa shape index (κ3) is 3.71. The average Bonchev–Trinajstić information content (AvgIpc) is 3.08. The predicted molar refractivity (Wildman–Crippen MR) is 88.6 cm³/mol. The lowest BCUT2D eigenvalue weighted by atomic mass is 10.1. The van der Waals surface area contributed by atoms with Crippen molar-refractivity contribution in [1.29, 1.82) is 0 Å². The molecule has 1 aliphatic rings. The smallest absolute Gasteiger partial charge is 0.341 e. The molecule has 1 saturated carbocycles. The number of carbonyl (C=O) groups excluding carboxylic acids is 2. The first kappa shape index (κ1) is 15.6. The Kier molecular flexibility index (Phi) is 4.62. The Morgan fingerprint density at radius 1 is 1.48 bits per heavy atom. The van der Waals surface area contributed by atoms with Crippen LogP contribution in [0.25, 0.3) is 6.08 Å². The molecule has 0 bridgehead atoms. The Morgan fingerprint density at radius 2 is 2.30 bits per heavy atom. The van der Waals surface area contributed by atoms with Crippen molar-refractivity contribution in [1.82, 2.24) is 0 Å². The van der Waals surface area contributed by atoms with Crippen molar-refractivity contribution in [3.63, 3.8) is 0 Å². The molecule has 3 rings (SSSR count). The number of nitrogens with one attached hydrogen (secondary N) is 1. The van der Waals surface area contributed by atoms with Gasteiger partial charge in [-0.15, -0.1) is 11.3 Å². The lowest BCUT2D eigenvalue weighted by Gasteiger charge is -2.06. The van der Waals surface area contributed by atoms with E-state index in [0.29, 0.717) is 28.8 Å². The summed E-state index contributed by atoms with van der Waals surface area (Å²) in [4.78, 5) is 24.3. The quantitative estimate of drug-likeness (QED) is 0.640. The number of ether oxygens (including phenoxy) is 1. The van der Waals surface area contributed by atoms with Gasteiger partial charge in [0, 0.05) is 6.08 Å². The molecular formula is C17H17NO4S. The fourth-order valence-corrected chi connectivity index (χ4v) is 3.30. The Labute approximate surface area is 137 Å². The highest BCUT2D eigenvalue weighted by atomic mass is 32.1. The van der Waals surface area contributed by atoms with Crippen molar-refractivity contribution >= 4 is 34.3 Å². The second-order valence-electron chi connectivity index (χ2n) is 5.23. The second kappa shape index (κ2) is 6.83. The van der Waals surface area contributed by atoms with Crippen LogP contribution in [-0.2, 0) is 9.53 Å². The largest absolute Gasteiger partial charge is 0.465 e. The van der Waals surface area contributed by atoms with Crippen molar-refractivity contribution in [3.8, 4) is 0 Å². The number of carbonyl (C=O) groups is 2. The van der Waals surface area contributed by atoms with Gasteiger partial charge in [0.1, 0.15) is 10.8 Å². The van der Waals surface area contributed by atoms with Crippen LogP contribution in [0.15, 0.2) is 34.3 Å². The Bertz CT molecular complexity index is 726. The van der Waals surface area contributed by atoms with E-state index >= 15 is 0 Å². The summed E-state index contributed by atoms with van der Waals surface area (Å²) in [6.45, 7) is 2.08. The topological polar surface area (TPSA) is 68.5 Å². The summed E-state index contributed by atoms with van der Waals surface area (Å²) in [7, 11) is 0. The van der Waals surface area contributed by atoms with Crippen molar-refractivity contribution in [2.75, 3.05) is 11.9 Å². The molecule has 0 saturated heterocycles. The monoisotopic (exact) mass is 331 g/mol. The van der Waals surface area contributed by atoms with E-state index in [0.717, 1.165) is 18.4 Å². The number of thiophene rings is 1. The molecule has 2 aromatic heterocycles. The normalized spacial score (nSPS) is 14.1. The molecule has 2 heterocycles. The van der Waals surface area contributed by atoms with Crippen LogP contribution in [-0.4, -0.2) is 18.5 Å². The van der Waals surface area contributed by atoms with Crippen LogP contribution in [0, 0.1) is 0 Å².